The number of nitrogens with zero attached hydrogens (tertiary/aromatic N) is 4. The number of methoxy groups -OCH3 is 1. The van der Waals surface area contributed by atoms with Gasteiger partial charge in [0.15, 0.2) is 5.65 Å². The summed E-state index contributed by atoms with van der Waals surface area (Å²) >= 11 is 0. The molecule has 0 spiro atoms. The van der Waals surface area contributed by atoms with Crippen molar-refractivity contribution in [3.63, 3.8) is 0 Å². The number of nitro benzene ring substituents is 1. The van der Waals surface area contributed by atoms with Crippen LogP contribution in [0.5, 0.6) is 5.75 Å². The summed E-state index contributed by atoms with van der Waals surface area (Å²) in [7, 11) is 1.29. The Morgan fingerprint density at radius 2 is 2.06 bits per heavy atom. The number of non-ortho nitro benzene ring substituents is 1. The van der Waals surface area contributed by atoms with E-state index in [9.17, 15) is 28.1 Å². The van der Waals surface area contributed by atoms with Gasteiger partial charge in [-0.1, -0.05) is 0 Å². The lowest BCUT2D eigenvalue weighted by atomic mass is 10.1. The van der Waals surface area contributed by atoms with Crippen LogP contribution in [-0.2, 0) is 17.5 Å². The topological polar surface area (TPSA) is 112 Å². The zero-order chi connectivity index (χ0) is 23.2. The molecule has 1 aliphatic carbocycles. The first-order valence-electron chi connectivity index (χ1n) is 9.66. The Morgan fingerprint density at radius 1 is 1.34 bits per heavy atom. The molecule has 168 valence electrons. The van der Waals surface area contributed by atoms with Crippen LogP contribution in [0.2, 0.25) is 0 Å². The molecule has 1 amide bonds. The van der Waals surface area contributed by atoms with Gasteiger partial charge in [0.2, 0.25) is 5.91 Å². The molecule has 9 nitrogen and oxygen atoms in total. The third kappa shape index (κ3) is 4.07. The maximum atomic E-state index is 13.7. The highest BCUT2D eigenvalue weighted by Gasteiger charge is 2.37. The number of aromatic nitrogens is 3. The number of hydrogen-bond acceptors (Lipinski definition) is 6. The van der Waals surface area contributed by atoms with E-state index in [1.54, 1.807) is 0 Å². The summed E-state index contributed by atoms with van der Waals surface area (Å²) in [6.07, 6.45) is -3.05. The van der Waals surface area contributed by atoms with E-state index in [0.717, 1.165) is 29.7 Å². The molecule has 0 radical (unpaired) electrons. The largest absolute Gasteiger partial charge is 0.494 e. The number of benzene rings is 1. The van der Waals surface area contributed by atoms with Crippen molar-refractivity contribution in [1.29, 1.82) is 0 Å². The first-order chi connectivity index (χ1) is 15.1. The summed E-state index contributed by atoms with van der Waals surface area (Å²) in [5.74, 6) is -0.557. The van der Waals surface area contributed by atoms with E-state index >= 15 is 0 Å². The van der Waals surface area contributed by atoms with Crippen LogP contribution in [0.4, 0.5) is 24.5 Å². The zero-order valence-electron chi connectivity index (χ0n) is 17.1. The molecule has 1 saturated carbocycles. The first kappa shape index (κ1) is 21.5. The Balaban J connectivity index is 1.67. The third-order valence-corrected chi connectivity index (χ3v) is 5.16. The second kappa shape index (κ2) is 7.77. The van der Waals surface area contributed by atoms with Gasteiger partial charge in [-0.25, -0.2) is 9.67 Å². The van der Waals surface area contributed by atoms with E-state index in [1.165, 1.54) is 26.2 Å². The molecule has 1 N–H and O–H groups in total. The minimum Gasteiger partial charge on any atom is -0.494 e. The number of nitrogens with one attached hydrogen (secondary N) is 1. The molecule has 0 aliphatic heterocycles. The Bertz CT molecular complexity index is 1230. The predicted octanol–water partition coefficient (Wildman–Crippen LogP) is 4.19. The van der Waals surface area contributed by atoms with Crippen LogP contribution < -0.4 is 10.1 Å². The lowest BCUT2D eigenvalue weighted by Gasteiger charge is -2.12. The number of anilines is 1. The molecular formula is C20H18F3N5O4. The van der Waals surface area contributed by atoms with Crippen molar-refractivity contribution in [3.8, 4) is 5.75 Å². The number of carbonyl (C=O) groups excluding carboxylic acids is 1. The Morgan fingerprint density at radius 3 is 2.66 bits per heavy atom. The molecular weight excluding hydrogens is 431 g/mol. The van der Waals surface area contributed by atoms with Crippen molar-refractivity contribution in [2.24, 2.45) is 0 Å². The van der Waals surface area contributed by atoms with Gasteiger partial charge in [-0.3, -0.25) is 14.9 Å². The fourth-order valence-corrected chi connectivity index (χ4v) is 3.52. The monoisotopic (exact) mass is 449 g/mol. The maximum absolute atomic E-state index is 13.7. The average Bonchev–Trinajstić information content (AvgIpc) is 3.52. The van der Waals surface area contributed by atoms with Gasteiger partial charge in [0.25, 0.3) is 5.69 Å². The number of nitro groups is 1. The number of pyridine rings is 1. The number of hydrogen-bond donors (Lipinski definition) is 1. The van der Waals surface area contributed by atoms with Crippen molar-refractivity contribution in [3.05, 3.63) is 51.3 Å². The Labute approximate surface area is 179 Å². The van der Waals surface area contributed by atoms with E-state index in [4.69, 9.17) is 4.74 Å². The number of ether oxygens (including phenoxy) is 1. The maximum Gasteiger partial charge on any atom is 0.417 e. The molecule has 0 saturated heterocycles. The van der Waals surface area contributed by atoms with E-state index < -0.39 is 29.1 Å². The molecule has 12 heteroatoms. The average molecular weight is 449 g/mol. The molecule has 0 unspecified atom stereocenters. The van der Waals surface area contributed by atoms with Crippen LogP contribution in [0.3, 0.4) is 0 Å². The fraction of sp³-hybridized carbons (Fsp3) is 0.350. The van der Waals surface area contributed by atoms with Gasteiger partial charge < -0.3 is 10.1 Å². The molecule has 1 fully saturated rings. The number of amides is 1. The van der Waals surface area contributed by atoms with Gasteiger partial charge in [0.05, 0.1) is 40.4 Å². The lowest BCUT2D eigenvalue weighted by molar-refractivity contribution is -0.384. The lowest BCUT2D eigenvalue weighted by Crippen LogP contribution is -2.20. The number of aryl methyl sites for hydroxylation is 1. The van der Waals surface area contributed by atoms with Crippen LogP contribution in [-0.4, -0.2) is 32.7 Å². The van der Waals surface area contributed by atoms with Crippen LogP contribution in [0.1, 0.15) is 35.7 Å². The second-order valence-electron chi connectivity index (χ2n) is 7.50. The van der Waals surface area contributed by atoms with Gasteiger partial charge >= 0.3 is 6.18 Å². The second-order valence-corrected chi connectivity index (χ2v) is 7.50. The third-order valence-electron chi connectivity index (χ3n) is 5.16. The van der Waals surface area contributed by atoms with Gasteiger partial charge in [-0.15, -0.1) is 0 Å². The normalized spacial score (nSPS) is 13.9. The SMILES string of the molecule is COc1cc([N+](=O)[O-])ccc1NC(=O)Cn1nc(C)c2c(C(F)(F)F)cc(C3CC3)nc21. The number of halogens is 3. The Kier molecular flexibility index (Phi) is 5.23. The minimum absolute atomic E-state index is 0.00922. The summed E-state index contributed by atoms with van der Waals surface area (Å²) < 4.78 is 47.3. The molecule has 1 aliphatic rings. The van der Waals surface area contributed by atoms with Gasteiger partial charge in [-0.2, -0.15) is 18.3 Å². The standard InChI is InChI=1S/C20H18F3N5O4/c1-10-18-13(20(21,22)23)8-15(11-3-4-11)25-19(18)27(26-10)9-17(29)24-14-6-5-12(28(30)31)7-16(14)32-2/h5-8,11H,3-4,9H2,1-2H3,(H,24,29). The number of alkyl halides is 3. The van der Waals surface area contributed by atoms with E-state index in [0.29, 0.717) is 5.69 Å². The van der Waals surface area contributed by atoms with Gasteiger partial charge in [0, 0.05) is 17.7 Å². The summed E-state index contributed by atoms with van der Waals surface area (Å²) in [4.78, 5) is 27.3. The van der Waals surface area contributed by atoms with Crippen LogP contribution >= 0.6 is 0 Å². The van der Waals surface area contributed by atoms with E-state index in [-0.39, 0.29) is 39.8 Å². The van der Waals surface area contributed by atoms with E-state index in [2.05, 4.69) is 15.4 Å². The molecule has 2 heterocycles. The summed E-state index contributed by atoms with van der Waals surface area (Å²) in [5.41, 5.74) is -0.411. The molecule has 4 rings (SSSR count). The van der Waals surface area contributed by atoms with Crippen molar-refractivity contribution < 1.29 is 27.6 Å². The quantitative estimate of drug-likeness (QED) is 0.446. The summed E-state index contributed by atoms with van der Waals surface area (Å²) in [6.45, 7) is 1.03. The zero-order valence-corrected chi connectivity index (χ0v) is 17.1. The highest BCUT2D eigenvalue weighted by Crippen LogP contribution is 2.43. The van der Waals surface area contributed by atoms with Crippen molar-refractivity contribution >= 4 is 28.3 Å². The highest BCUT2D eigenvalue weighted by atomic mass is 19.4. The van der Waals surface area contributed by atoms with Gasteiger partial charge in [-0.05, 0) is 31.9 Å². The first-order valence-corrected chi connectivity index (χ1v) is 9.66. The van der Waals surface area contributed by atoms with Gasteiger partial charge in [0.1, 0.15) is 12.3 Å². The highest BCUT2D eigenvalue weighted by molar-refractivity contribution is 5.93. The molecule has 32 heavy (non-hydrogen) atoms. The van der Waals surface area contributed by atoms with Crippen molar-refractivity contribution in [2.75, 3.05) is 12.4 Å². The number of carbonyl (C=O) groups is 1. The van der Waals surface area contributed by atoms with Crippen molar-refractivity contribution in [2.45, 2.75) is 38.4 Å². The predicted molar refractivity (Wildman–Crippen MR) is 108 cm³/mol. The van der Waals surface area contributed by atoms with E-state index in [1.807, 2.05) is 0 Å². The molecule has 0 atom stereocenters. The minimum atomic E-state index is -4.59. The molecule has 3 aromatic rings. The fourth-order valence-electron chi connectivity index (χ4n) is 3.52. The Hall–Kier alpha value is -3.70. The number of rotatable bonds is 6. The van der Waals surface area contributed by atoms with Crippen LogP contribution in [0, 0.1) is 17.0 Å². The van der Waals surface area contributed by atoms with Crippen LogP contribution in [0.15, 0.2) is 24.3 Å². The summed E-state index contributed by atoms with van der Waals surface area (Å²) in [5, 5.41) is 17.4. The van der Waals surface area contributed by atoms with Crippen LogP contribution in [0.25, 0.3) is 11.0 Å². The summed E-state index contributed by atoms with van der Waals surface area (Å²) in [6, 6.07) is 4.74. The molecule has 1 aromatic carbocycles. The smallest absolute Gasteiger partial charge is 0.417 e. The van der Waals surface area contributed by atoms with Crippen molar-refractivity contribution in [1.82, 2.24) is 14.8 Å². The molecule has 2 aromatic heterocycles. The number of fused-ring (bicyclic) bond motifs is 1. The molecule has 0 bridgehead atoms.